The van der Waals surface area contributed by atoms with Crippen LogP contribution in [-0.4, -0.2) is 19.1 Å². The Hall–Kier alpha value is -1.35. The molecule has 0 aliphatic rings. The van der Waals surface area contributed by atoms with Crippen LogP contribution in [0.3, 0.4) is 0 Å². The molecule has 1 aromatic carbocycles. The maximum absolute atomic E-state index is 11.6. The molecule has 100 valence electrons. The average Bonchev–Trinajstić information content (AvgIpc) is 2.32. The first kappa shape index (κ1) is 14.7. The topological polar surface area (TPSA) is 38.3 Å². The molecule has 18 heavy (non-hydrogen) atoms. The Kier molecular flexibility index (Phi) is 5.35. The molecule has 0 aliphatic heterocycles. The number of aryl methyl sites for hydroxylation is 2. The lowest BCUT2D eigenvalue weighted by atomic mass is 10.0. The van der Waals surface area contributed by atoms with E-state index in [1.54, 1.807) is 0 Å². The van der Waals surface area contributed by atoms with Gasteiger partial charge in [0, 0.05) is 6.54 Å². The van der Waals surface area contributed by atoms with Gasteiger partial charge in [-0.2, -0.15) is 0 Å². The molecule has 1 N–H and O–H groups in total. The molecule has 0 bridgehead atoms. The van der Waals surface area contributed by atoms with Crippen LogP contribution in [-0.2, 0) is 16.1 Å². The number of hydrogen-bond acceptors (Lipinski definition) is 3. The van der Waals surface area contributed by atoms with Gasteiger partial charge < -0.3 is 10.1 Å². The van der Waals surface area contributed by atoms with E-state index >= 15 is 0 Å². The Morgan fingerprint density at radius 1 is 1.33 bits per heavy atom. The molecular weight excluding hydrogens is 226 g/mol. The molecule has 0 saturated carbocycles. The van der Waals surface area contributed by atoms with E-state index in [-0.39, 0.29) is 17.9 Å². The molecule has 1 rings (SSSR count). The Morgan fingerprint density at radius 2 is 2.00 bits per heavy atom. The van der Waals surface area contributed by atoms with Crippen molar-refractivity contribution in [1.29, 1.82) is 0 Å². The van der Waals surface area contributed by atoms with Gasteiger partial charge in [0.1, 0.15) is 6.04 Å². The molecule has 0 aromatic heterocycles. The Morgan fingerprint density at radius 3 is 2.56 bits per heavy atom. The van der Waals surface area contributed by atoms with Crippen molar-refractivity contribution >= 4 is 5.97 Å². The summed E-state index contributed by atoms with van der Waals surface area (Å²) >= 11 is 0. The molecule has 0 unspecified atom stereocenters. The van der Waals surface area contributed by atoms with Gasteiger partial charge in [0.2, 0.25) is 0 Å². The highest BCUT2D eigenvalue weighted by Gasteiger charge is 2.22. The summed E-state index contributed by atoms with van der Waals surface area (Å²) in [5.74, 6) is 0.0119. The lowest BCUT2D eigenvalue weighted by Crippen LogP contribution is -2.41. The fourth-order valence-electron chi connectivity index (χ4n) is 1.93. The zero-order valence-corrected chi connectivity index (χ0v) is 11.9. The third kappa shape index (κ3) is 3.84. The van der Waals surface area contributed by atoms with Crippen LogP contribution in [0.15, 0.2) is 18.2 Å². The number of hydrogen-bond donors (Lipinski definition) is 1. The van der Waals surface area contributed by atoms with E-state index in [1.165, 1.54) is 23.8 Å². The molecule has 0 amide bonds. The highest BCUT2D eigenvalue weighted by molar-refractivity contribution is 5.75. The fourth-order valence-corrected chi connectivity index (χ4v) is 1.93. The number of ether oxygens (including phenoxy) is 1. The van der Waals surface area contributed by atoms with E-state index in [2.05, 4.69) is 37.4 Å². The molecule has 0 heterocycles. The van der Waals surface area contributed by atoms with Crippen LogP contribution in [0, 0.1) is 19.8 Å². The predicted octanol–water partition coefficient (Wildman–Crippen LogP) is 2.59. The normalized spacial score (nSPS) is 12.6. The molecule has 0 saturated heterocycles. The molecule has 0 aliphatic carbocycles. The lowest BCUT2D eigenvalue weighted by Gasteiger charge is -2.20. The second-order valence-corrected chi connectivity index (χ2v) is 5.06. The Balaban J connectivity index is 2.73. The maximum Gasteiger partial charge on any atom is 0.323 e. The van der Waals surface area contributed by atoms with Crippen molar-refractivity contribution in [3.63, 3.8) is 0 Å². The van der Waals surface area contributed by atoms with Gasteiger partial charge >= 0.3 is 5.97 Å². The summed E-state index contributed by atoms with van der Waals surface area (Å²) in [4.78, 5) is 11.6. The summed E-state index contributed by atoms with van der Waals surface area (Å²) in [6.07, 6.45) is 0. The number of carbonyl (C=O) groups is 1. The summed E-state index contributed by atoms with van der Waals surface area (Å²) < 4.78 is 4.81. The fraction of sp³-hybridized carbons (Fsp3) is 0.533. The first-order chi connectivity index (χ1) is 8.45. The van der Waals surface area contributed by atoms with Gasteiger partial charge in [-0.1, -0.05) is 37.6 Å². The molecule has 3 nitrogen and oxygen atoms in total. The van der Waals surface area contributed by atoms with Crippen molar-refractivity contribution in [2.75, 3.05) is 7.11 Å². The van der Waals surface area contributed by atoms with Crippen molar-refractivity contribution in [2.24, 2.45) is 5.92 Å². The van der Waals surface area contributed by atoms with Crippen molar-refractivity contribution in [3.8, 4) is 0 Å². The van der Waals surface area contributed by atoms with E-state index in [0.29, 0.717) is 6.54 Å². The number of benzene rings is 1. The van der Waals surface area contributed by atoms with Crippen molar-refractivity contribution in [2.45, 2.75) is 40.3 Å². The van der Waals surface area contributed by atoms with Crippen molar-refractivity contribution < 1.29 is 9.53 Å². The molecule has 3 heteroatoms. The third-order valence-electron chi connectivity index (χ3n) is 3.14. The van der Waals surface area contributed by atoms with Gasteiger partial charge in [-0.25, -0.2) is 0 Å². The number of nitrogens with one attached hydrogen (secondary N) is 1. The van der Waals surface area contributed by atoms with Gasteiger partial charge in [0.15, 0.2) is 0 Å². The number of rotatable bonds is 5. The number of carbonyl (C=O) groups excluding carboxylic acids is 1. The molecule has 1 atom stereocenters. The van der Waals surface area contributed by atoms with Gasteiger partial charge in [-0.3, -0.25) is 4.79 Å². The summed E-state index contributed by atoms with van der Waals surface area (Å²) in [6.45, 7) is 8.86. The van der Waals surface area contributed by atoms with E-state index in [0.717, 1.165) is 0 Å². The van der Waals surface area contributed by atoms with Crippen LogP contribution in [0.25, 0.3) is 0 Å². The zero-order chi connectivity index (χ0) is 13.7. The smallest absolute Gasteiger partial charge is 0.323 e. The van der Waals surface area contributed by atoms with E-state index < -0.39 is 0 Å². The number of methoxy groups -OCH3 is 1. The average molecular weight is 249 g/mol. The monoisotopic (exact) mass is 249 g/mol. The summed E-state index contributed by atoms with van der Waals surface area (Å²) in [5, 5.41) is 3.28. The third-order valence-corrected chi connectivity index (χ3v) is 3.14. The quantitative estimate of drug-likeness (QED) is 0.815. The van der Waals surface area contributed by atoms with Crippen LogP contribution < -0.4 is 5.32 Å². The number of esters is 1. The first-order valence-electron chi connectivity index (χ1n) is 6.33. The van der Waals surface area contributed by atoms with Gasteiger partial charge in [-0.15, -0.1) is 0 Å². The molecule has 0 fully saturated rings. The maximum atomic E-state index is 11.6. The van der Waals surface area contributed by atoms with Crippen LogP contribution in [0.2, 0.25) is 0 Å². The molecule has 1 aromatic rings. The molecule has 0 radical (unpaired) electrons. The van der Waals surface area contributed by atoms with Gasteiger partial charge in [-0.05, 0) is 30.9 Å². The molecular formula is C15H23NO2. The van der Waals surface area contributed by atoms with Crippen LogP contribution >= 0.6 is 0 Å². The summed E-state index contributed by atoms with van der Waals surface area (Å²) in [7, 11) is 1.43. The second-order valence-electron chi connectivity index (χ2n) is 5.06. The van der Waals surface area contributed by atoms with Crippen molar-refractivity contribution in [1.82, 2.24) is 5.32 Å². The predicted molar refractivity (Wildman–Crippen MR) is 73.4 cm³/mol. The van der Waals surface area contributed by atoms with E-state index in [1.807, 2.05) is 13.8 Å². The van der Waals surface area contributed by atoms with E-state index in [9.17, 15) is 4.79 Å². The van der Waals surface area contributed by atoms with Crippen LogP contribution in [0.1, 0.15) is 30.5 Å². The first-order valence-corrected chi connectivity index (χ1v) is 6.33. The SMILES string of the molecule is COC(=O)[C@@H](NCc1cc(C)ccc1C)C(C)C. The minimum atomic E-state index is -0.255. The van der Waals surface area contributed by atoms with Crippen LogP contribution in [0.5, 0.6) is 0 Å². The highest BCUT2D eigenvalue weighted by Crippen LogP contribution is 2.12. The zero-order valence-electron chi connectivity index (χ0n) is 11.9. The molecule has 0 spiro atoms. The minimum Gasteiger partial charge on any atom is -0.468 e. The highest BCUT2D eigenvalue weighted by atomic mass is 16.5. The van der Waals surface area contributed by atoms with E-state index in [4.69, 9.17) is 4.74 Å². The minimum absolute atomic E-state index is 0.199. The van der Waals surface area contributed by atoms with Crippen molar-refractivity contribution in [3.05, 3.63) is 34.9 Å². The second kappa shape index (κ2) is 6.55. The lowest BCUT2D eigenvalue weighted by molar-refractivity contribution is -0.144. The largest absolute Gasteiger partial charge is 0.468 e. The van der Waals surface area contributed by atoms with Gasteiger partial charge in [0.05, 0.1) is 7.11 Å². The summed E-state index contributed by atoms with van der Waals surface area (Å²) in [6, 6.07) is 6.10. The standard InChI is InChI=1S/C15H23NO2/c1-10(2)14(15(17)18-5)16-9-13-8-11(3)6-7-12(13)4/h6-8,10,14,16H,9H2,1-5H3/t14-/m0/s1. The Labute approximate surface area is 110 Å². The van der Waals surface area contributed by atoms with Crippen LogP contribution in [0.4, 0.5) is 0 Å². The summed E-state index contributed by atoms with van der Waals surface area (Å²) in [5.41, 5.74) is 3.70. The Bertz CT molecular complexity index is 413. The van der Waals surface area contributed by atoms with Gasteiger partial charge in [0.25, 0.3) is 0 Å².